The maximum absolute atomic E-state index is 13.6. The highest BCUT2D eigenvalue weighted by molar-refractivity contribution is 6.03. The molecule has 1 aliphatic carbocycles. The monoisotopic (exact) mass is 476 g/mol. The van der Waals surface area contributed by atoms with Gasteiger partial charge in [0.25, 0.3) is 0 Å². The highest BCUT2D eigenvalue weighted by Crippen LogP contribution is 2.47. The van der Waals surface area contributed by atoms with Gasteiger partial charge in [-0.2, -0.15) is 5.26 Å². The van der Waals surface area contributed by atoms with Gasteiger partial charge in [0.05, 0.1) is 19.1 Å². The van der Waals surface area contributed by atoms with Gasteiger partial charge in [0, 0.05) is 29.3 Å². The highest BCUT2D eigenvalue weighted by atomic mass is 16.5. The Morgan fingerprint density at radius 1 is 0.944 bits per heavy atom. The molecule has 2 aliphatic rings. The quantitative estimate of drug-likeness (QED) is 0.414. The molecule has 5 nitrogen and oxygen atoms in total. The predicted molar refractivity (Wildman–Crippen MR) is 139 cm³/mol. The molecule has 0 aromatic heterocycles. The second-order valence-corrected chi connectivity index (χ2v) is 9.32. The normalized spacial score (nSPS) is 21.3. The summed E-state index contributed by atoms with van der Waals surface area (Å²) >= 11 is 0. The van der Waals surface area contributed by atoms with Crippen molar-refractivity contribution < 1.29 is 14.3 Å². The van der Waals surface area contributed by atoms with Gasteiger partial charge in [0.1, 0.15) is 6.61 Å². The fraction of sp³-hybridized carbons (Fsp3) is 0.258. The first-order chi connectivity index (χ1) is 17.6. The number of ether oxygens (including phenoxy) is 2. The van der Waals surface area contributed by atoms with Crippen molar-refractivity contribution in [2.45, 2.75) is 38.2 Å². The van der Waals surface area contributed by atoms with Gasteiger partial charge in [0.15, 0.2) is 17.3 Å². The number of hydrogen-bond acceptors (Lipinski definition) is 5. The van der Waals surface area contributed by atoms with Crippen molar-refractivity contribution in [3.8, 4) is 17.6 Å². The fourth-order valence-electron chi connectivity index (χ4n) is 5.28. The molecule has 3 aromatic carbocycles. The largest absolute Gasteiger partial charge is 0.493 e. The number of nitrogens with zero attached hydrogens (tertiary/aromatic N) is 2. The Morgan fingerprint density at radius 3 is 2.36 bits per heavy atom. The Morgan fingerprint density at radius 2 is 1.67 bits per heavy atom. The molecule has 1 heterocycles. The van der Waals surface area contributed by atoms with Crippen LogP contribution in [0.15, 0.2) is 95.1 Å². The summed E-state index contributed by atoms with van der Waals surface area (Å²) in [5, 5.41) is 10.1. The van der Waals surface area contributed by atoms with Crippen molar-refractivity contribution in [3.63, 3.8) is 0 Å². The minimum absolute atomic E-state index is 0.0648. The summed E-state index contributed by atoms with van der Waals surface area (Å²) in [6.45, 7) is 2.30. The molecule has 0 amide bonds. The van der Waals surface area contributed by atoms with E-state index in [0.29, 0.717) is 36.5 Å². The van der Waals surface area contributed by atoms with E-state index in [0.717, 1.165) is 28.1 Å². The Bertz CT molecular complexity index is 1370. The lowest BCUT2D eigenvalue weighted by Crippen LogP contribution is -2.32. The number of benzene rings is 3. The van der Waals surface area contributed by atoms with E-state index in [1.54, 1.807) is 7.11 Å². The van der Waals surface area contributed by atoms with Crippen LogP contribution in [0.5, 0.6) is 11.5 Å². The van der Waals surface area contributed by atoms with Crippen LogP contribution >= 0.6 is 0 Å². The number of aliphatic imine (C=N–C) groups is 1. The summed E-state index contributed by atoms with van der Waals surface area (Å²) in [6, 6.07) is 28.2. The predicted octanol–water partition coefficient (Wildman–Crippen LogP) is 6.37. The third-order valence-corrected chi connectivity index (χ3v) is 7.08. The zero-order valence-corrected chi connectivity index (χ0v) is 20.5. The van der Waals surface area contributed by atoms with Gasteiger partial charge >= 0.3 is 0 Å². The van der Waals surface area contributed by atoms with Crippen molar-refractivity contribution in [1.82, 2.24) is 0 Å². The first-order valence-corrected chi connectivity index (χ1v) is 12.2. The average Bonchev–Trinajstić information content (AvgIpc) is 2.92. The molecular formula is C31H28N2O3. The van der Waals surface area contributed by atoms with E-state index in [1.165, 1.54) is 0 Å². The van der Waals surface area contributed by atoms with Gasteiger partial charge in [-0.05, 0) is 48.1 Å². The van der Waals surface area contributed by atoms with E-state index in [1.807, 2.05) is 73.7 Å². The molecule has 0 fully saturated rings. The van der Waals surface area contributed by atoms with Gasteiger partial charge in [-0.15, -0.1) is 0 Å². The zero-order valence-electron chi connectivity index (χ0n) is 20.5. The maximum Gasteiger partial charge on any atom is 0.161 e. The number of Topliss-reactive ketones (excluding diaryl/α,β-unsaturated/α-hetero) is 1. The van der Waals surface area contributed by atoms with Crippen molar-refractivity contribution in [1.29, 1.82) is 5.26 Å². The molecule has 180 valence electrons. The number of ketones is 1. The van der Waals surface area contributed by atoms with Crippen molar-refractivity contribution >= 4 is 11.5 Å². The molecule has 0 spiro atoms. The summed E-state index contributed by atoms with van der Waals surface area (Å²) in [5.41, 5.74) is 5.27. The molecule has 1 aliphatic heterocycles. The molecular weight excluding hydrogens is 448 g/mol. The van der Waals surface area contributed by atoms with Crippen molar-refractivity contribution in [2.75, 3.05) is 7.11 Å². The Labute approximate surface area is 211 Å². The van der Waals surface area contributed by atoms with E-state index < -0.39 is 5.92 Å². The highest BCUT2D eigenvalue weighted by Gasteiger charge is 2.41. The summed E-state index contributed by atoms with van der Waals surface area (Å²) in [7, 11) is 1.60. The number of allylic oxidation sites excluding steroid dienone is 2. The SMILES string of the molecule is COc1cc([C@@H]2C3=C(C[C@H](c4ccccc4)CC3=O)N=C(C)C2C#N)ccc1OCc1ccccc1. The number of rotatable bonds is 6. The van der Waals surface area contributed by atoms with Gasteiger partial charge in [-0.1, -0.05) is 66.7 Å². The van der Waals surface area contributed by atoms with E-state index in [-0.39, 0.29) is 17.6 Å². The minimum Gasteiger partial charge on any atom is -0.493 e. The lowest BCUT2D eigenvalue weighted by Gasteiger charge is -2.35. The standard InChI is InChI=1S/C31H28N2O3/c1-20-25(18-32)30(31-26(33-20)15-24(16-27(31)34)22-11-7-4-8-12-22)23-13-14-28(29(17-23)35-2)36-19-21-9-5-3-6-10-21/h3-14,17,24-25,30H,15-16,19H2,1-2H3/t24-,25?,30-/m0/s1. The Hall–Kier alpha value is -4.17. The summed E-state index contributed by atoms with van der Waals surface area (Å²) in [5.74, 6) is 0.457. The van der Waals surface area contributed by atoms with Gasteiger partial charge in [-0.25, -0.2) is 0 Å². The number of carbonyl (C=O) groups is 1. The number of hydrogen-bond donors (Lipinski definition) is 0. The van der Waals surface area contributed by atoms with Crippen molar-refractivity contribution in [3.05, 3.63) is 107 Å². The second-order valence-electron chi connectivity index (χ2n) is 9.32. The molecule has 0 radical (unpaired) electrons. The maximum atomic E-state index is 13.6. The molecule has 3 atom stereocenters. The van der Waals surface area contributed by atoms with Crippen LogP contribution in [-0.4, -0.2) is 18.6 Å². The minimum atomic E-state index is -0.512. The lowest BCUT2D eigenvalue weighted by atomic mass is 9.69. The van der Waals surface area contributed by atoms with Crippen LogP contribution in [0.25, 0.3) is 0 Å². The third-order valence-electron chi connectivity index (χ3n) is 7.08. The smallest absolute Gasteiger partial charge is 0.161 e. The number of methoxy groups -OCH3 is 1. The number of nitriles is 1. The van der Waals surface area contributed by atoms with Crippen molar-refractivity contribution in [2.24, 2.45) is 10.9 Å². The fourth-order valence-corrected chi connectivity index (χ4v) is 5.28. The van der Waals surface area contributed by atoms with Crippen LogP contribution in [0.4, 0.5) is 0 Å². The molecule has 0 bridgehead atoms. The number of carbonyl (C=O) groups excluding carboxylic acids is 1. The van der Waals surface area contributed by atoms with Gasteiger partial charge in [0.2, 0.25) is 0 Å². The van der Waals surface area contributed by atoms with Crippen LogP contribution in [0, 0.1) is 17.2 Å². The Balaban J connectivity index is 1.49. The molecule has 0 N–H and O–H groups in total. The molecule has 5 heteroatoms. The van der Waals surface area contributed by atoms with E-state index in [4.69, 9.17) is 14.5 Å². The molecule has 5 rings (SSSR count). The summed E-state index contributed by atoms with van der Waals surface area (Å²) < 4.78 is 11.7. The van der Waals surface area contributed by atoms with Crippen LogP contribution < -0.4 is 9.47 Å². The molecule has 0 saturated carbocycles. The van der Waals surface area contributed by atoms with Crippen LogP contribution in [-0.2, 0) is 11.4 Å². The first kappa shape index (κ1) is 23.6. The van der Waals surface area contributed by atoms with E-state index in [9.17, 15) is 10.1 Å². The molecule has 3 aromatic rings. The van der Waals surface area contributed by atoms with Crippen LogP contribution in [0.2, 0.25) is 0 Å². The zero-order chi connectivity index (χ0) is 25.1. The van der Waals surface area contributed by atoms with Crippen LogP contribution in [0.3, 0.4) is 0 Å². The third kappa shape index (κ3) is 4.55. The van der Waals surface area contributed by atoms with E-state index in [2.05, 4.69) is 18.2 Å². The summed E-state index contributed by atoms with van der Waals surface area (Å²) in [4.78, 5) is 18.3. The molecule has 36 heavy (non-hydrogen) atoms. The lowest BCUT2D eigenvalue weighted by molar-refractivity contribution is -0.116. The topological polar surface area (TPSA) is 71.7 Å². The van der Waals surface area contributed by atoms with Gasteiger partial charge < -0.3 is 9.47 Å². The second kappa shape index (κ2) is 10.2. The van der Waals surface area contributed by atoms with E-state index >= 15 is 0 Å². The first-order valence-electron chi connectivity index (χ1n) is 12.2. The molecule has 0 saturated heterocycles. The van der Waals surface area contributed by atoms with Crippen LogP contribution in [0.1, 0.15) is 48.3 Å². The average molecular weight is 477 g/mol. The molecule has 1 unspecified atom stereocenters. The Kier molecular flexibility index (Phi) is 6.69. The summed E-state index contributed by atoms with van der Waals surface area (Å²) in [6.07, 6.45) is 1.11. The van der Waals surface area contributed by atoms with Gasteiger partial charge in [-0.3, -0.25) is 9.79 Å².